The maximum Gasteiger partial charge on any atom is 0.574 e. The summed E-state index contributed by atoms with van der Waals surface area (Å²) in [6.45, 7) is -0.782. The van der Waals surface area contributed by atoms with Crippen molar-refractivity contribution in [2.75, 3.05) is 7.11 Å². The number of rotatable bonds is 3. The van der Waals surface area contributed by atoms with Crippen molar-refractivity contribution in [2.24, 2.45) is 5.73 Å². The SMILES string of the molecule is COC(=O)c1nc(OC(F)(F)F)cc(CN)c1C(F)(F)F. The molecule has 0 aliphatic carbocycles. The molecule has 0 amide bonds. The summed E-state index contributed by atoms with van der Waals surface area (Å²) in [5, 5.41) is 0. The first-order valence-electron chi connectivity index (χ1n) is 5.15. The third-order valence-corrected chi connectivity index (χ3v) is 2.18. The number of ether oxygens (including phenoxy) is 2. The number of hydrogen-bond donors (Lipinski definition) is 1. The van der Waals surface area contributed by atoms with Crippen molar-refractivity contribution < 1.29 is 40.6 Å². The molecule has 5 nitrogen and oxygen atoms in total. The lowest BCUT2D eigenvalue weighted by Crippen LogP contribution is -2.23. The molecule has 0 unspecified atom stereocenters. The molecular formula is C10H8F6N2O3. The standard InChI is InChI=1S/C10H8F6N2O3/c1-20-8(19)7-6(9(11,12)13)4(3-17)2-5(18-7)21-10(14,15)16/h2H,3,17H2,1H3. The van der Waals surface area contributed by atoms with Gasteiger partial charge >= 0.3 is 18.5 Å². The number of hydrogen-bond acceptors (Lipinski definition) is 5. The third kappa shape index (κ3) is 4.21. The van der Waals surface area contributed by atoms with E-state index in [-0.39, 0.29) is 0 Å². The van der Waals surface area contributed by atoms with Gasteiger partial charge in [-0.15, -0.1) is 13.2 Å². The van der Waals surface area contributed by atoms with E-state index in [1.54, 1.807) is 0 Å². The van der Waals surface area contributed by atoms with Crippen LogP contribution in [0.5, 0.6) is 5.88 Å². The fraction of sp³-hybridized carbons (Fsp3) is 0.400. The van der Waals surface area contributed by atoms with Gasteiger partial charge in [0.1, 0.15) is 0 Å². The molecule has 0 aromatic carbocycles. The Morgan fingerprint density at radius 3 is 2.24 bits per heavy atom. The van der Waals surface area contributed by atoms with Crippen LogP contribution in [0.3, 0.4) is 0 Å². The van der Waals surface area contributed by atoms with Gasteiger partial charge in [0.05, 0.1) is 12.7 Å². The Balaban J connectivity index is 3.54. The van der Waals surface area contributed by atoms with Crippen LogP contribution in [-0.4, -0.2) is 24.4 Å². The Morgan fingerprint density at radius 1 is 1.29 bits per heavy atom. The fourth-order valence-corrected chi connectivity index (χ4v) is 1.46. The predicted octanol–water partition coefficient (Wildman–Crippen LogP) is 2.24. The molecule has 0 aliphatic rings. The van der Waals surface area contributed by atoms with Crippen molar-refractivity contribution in [1.29, 1.82) is 0 Å². The van der Waals surface area contributed by atoms with Crippen LogP contribution < -0.4 is 10.5 Å². The van der Waals surface area contributed by atoms with Crippen LogP contribution in [0, 0.1) is 0 Å². The highest BCUT2D eigenvalue weighted by Crippen LogP contribution is 2.36. The van der Waals surface area contributed by atoms with Crippen molar-refractivity contribution in [3.8, 4) is 5.88 Å². The molecule has 0 aliphatic heterocycles. The van der Waals surface area contributed by atoms with Crippen molar-refractivity contribution in [1.82, 2.24) is 4.98 Å². The van der Waals surface area contributed by atoms with E-state index < -0.39 is 47.8 Å². The van der Waals surface area contributed by atoms with Crippen LogP contribution in [-0.2, 0) is 17.5 Å². The van der Waals surface area contributed by atoms with Crippen LogP contribution in [0.25, 0.3) is 0 Å². The van der Waals surface area contributed by atoms with Gasteiger partial charge < -0.3 is 15.2 Å². The van der Waals surface area contributed by atoms with Gasteiger partial charge in [-0.25, -0.2) is 9.78 Å². The highest BCUT2D eigenvalue weighted by molar-refractivity contribution is 5.89. The number of aromatic nitrogens is 1. The molecule has 1 aromatic rings. The van der Waals surface area contributed by atoms with Gasteiger partial charge in [-0.2, -0.15) is 13.2 Å². The normalized spacial score (nSPS) is 12.2. The number of nitrogens with two attached hydrogens (primary N) is 1. The Labute approximate surface area is 113 Å². The number of carbonyl (C=O) groups is 1. The molecule has 1 aromatic heterocycles. The molecular weight excluding hydrogens is 310 g/mol. The summed E-state index contributed by atoms with van der Waals surface area (Å²) in [5.41, 5.74) is 1.38. The van der Waals surface area contributed by atoms with E-state index in [0.29, 0.717) is 6.07 Å². The second-order valence-electron chi connectivity index (χ2n) is 3.58. The molecule has 0 saturated heterocycles. The molecule has 11 heteroatoms. The summed E-state index contributed by atoms with van der Waals surface area (Å²) in [6, 6.07) is 0.364. The summed E-state index contributed by atoms with van der Waals surface area (Å²) >= 11 is 0. The van der Waals surface area contributed by atoms with E-state index in [9.17, 15) is 31.1 Å². The van der Waals surface area contributed by atoms with Gasteiger partial charge in [-0.05, 0) is 5.56 Å². The minimum Gasteiger partial charge on any atom is -0.464 e. The van der Waals surface area contributed by atoms with E-state index in [2.05, 4.69) is 14.5 Å². The summed E-state index contributed by atoms with van der Waals surface area (Å²) in [5.74, 6) is -2.80. The Kier molecular flexibility index (Phi) is 4.66. The summed E-state index contributed by atoms with van der Waals surface area (Å²) < 4.78 is 82.5. The van der Waals surface area contributed by atoms with Gasteiger partial charge in [0.15, 0.2) is 5.69 Å². The molecule has 0 spiro atoms. The molecule has 0 bridgehead atoms. The minimum absolute atomic E-state index is 0.364. The number of methoxy groups -OCH3 is 1. The molecule has 21 heavy (non-hydrogen) atoms. The highest BCUT2D eigenvalue weighted by Gasteiger charge is 2.41. The number of esters is 1. The summed E-state index contributed by atoms with van der Waals surface area (Å²) in [4.78, 5) is 14.2. The number of nitrogens with zero attached hydrogens (tertiary/aromatic N) is 1. The van der Waals surface area contributed by atoms with Gasteiger partial charge in [0.2, 0.25) is 5.88 Å². The molecule has 1 heterocycles. The quantitative estimate of drug-likeness (QED) is 0.683. The van der Waals surface area contributed by atoms with Crippen LogP contribution in [0.15, 0.2) is 6.07 Å². The zero-order valence-corrected chi connectivity index (χ0v) is 10.3. The van der Waals surface area contributed by atoms with E-state index in [4.69, 9.17) is 5.73 Å². The molecule has 0 radical (unpaired) electrons. The molecule has 0 saturated carbocycles. The van der Waals surface area contributed by atoms with Crippen LogP contribution in [0.1, 0.15) is 21.6 Å². The predicted molar refractivity (Wildman–Crippen MR) is 55.2 cm³/mol. The first-order valence-corrected chi connectivity index (χ1v) is 5.15. The molecule has 2 N–H and O–H groups in total. The summed E-state index contributed by atoms with van der Waals surface area (Å²) in [7, 11) is 0.754. The first kappa shape index (κ1) is 17.0. The largest absolute Gasteiger partial charge is 0.574 e. The lowest BCUT2D eigenvalue weighted by molar-refractivity contribution is -0.276. The highest BCUT2D eigenvalue weighted by atomic mass is 19.4. The topological polar surface area (TPSA) is 74.4 Å². The average molecular weight is 318 g/mol. The first-order chi connectivity index (χ1) is 9.49. The Bertz CT molecular complexity index is 541. The monoisotopic (exact) mass is 318 g/mol. The second-order valence-corrected chi connectivity index (χ2v) is 3.58. The maximum atomic E-state index is 12.9. The Morgan fingerprint density at radius 2 is 1.86 bits per heavy atom. The minimum atomic E-state index is -5.19. The number of pyridine rings is 1. The van der Waals surface area contributed by atoms with Crippen molar-refractivity contribution >= 4 is 5.97 Å². The van der Waals surface area contributed by atoms with E-state index in [1.807, 2.05) is 0 Å². The lowest BCUT2D eigenvalue weighted by Gasteiger charge is -2.17. The molecule has 0 atom stereocenters. The smallest absolute Gasteiger partial charge is 0.464 e. The van der Waals surface area contributed by atoms with Gasteiger partial charge in [0, 0.05) is 12.6 Å². The van der Waals surface area contributed by atoms with Crippen LogP contribution >= 0.6 is 0 Å². The Hall–Kier alpha value is -2.04. The van der Waals surface area contributed by atoms with Crippen molar-refractivity contribution in [2.45, 2.75) is 19.1 Å². The van der Waals surface area contributed by atoms with Gasteiger partial charge in [-0.3, -0.25) is 0 Å². The second kappa shape index (κ2) is 5.76. The van der Waals surface area contributed by atoms with Gasteiger partial charge in [0.25, 0.3) is 0 Å². The van der Waals surface area contributed by atoms with Crippen LogP contribution in [0.2, 0.25) is 0 Å². The van der Waals surface area contributed by atoms with E-state index in [1.165, 1.54) is 0 Å². The average Bonchev–Trinajstić information content (AvgIpc) is 2.33. The summed E-state index contributed by atoms with van der Waals surface area (Å²) in [6.07, 6.45) is -10.2. The number of alkyl halides is 6. The maximum absolute atomic E-state index is 12.9. The number of carbonyl (C=O) groups excluding carboxylic acids is 1. The fourth-order valence-electron chi connectivity index (χ4n) is 1.46. The number of halogens is 6. The zero-order chi connectivity index (χ0) is 16.4. The van der Waals surface area contributed by atoms with E-state index >= 15 is 0 Å². The zero-order valence-electron chi connectivity index (χ0n) is 10.3. The van der Waals surface area contributed by atoms with Gasteiger partial charge in [-0.1, -0.05) is 0 Å². The van der Waals surface area contributed by atoms with Crippen molar-refractivity contribution in [3.63, 3.8) is 0 Å². The molecule has 118 valence electrons. The third-order valence-electron chi connectivity index (χ3n) is 2.18. The molecule has 0 fully saturated rings. The van der Waals surface area contributed by atoms with Crippen molar-refractivity contribution in [3.05, 3.63) is 22.9 Å². The van der Waals surface area contributed by atoms with E-state index in [0.717, 1.165) is 7.11 Å². The lowest BCUT2D eigenvalue weighted by atomic mass is 10.1. The van der Waals surface area contributed by atoms with Crippen LogP contribution in [0.4, 0.5) is 26.3 Å². The molecule has 1 rings (SSSR count).